The van der Waals surface area contributed by atoms with Gasteiger partial charge in [-0.2, -0.15) is 0 Å². The van der Waals surface area contributed by atoms with E-state index in [1.165, 1.54) is 5.56 Å². The van der Waals surface area contributed by atoms with Crippen molar-refractivity contribution >= 4 is 5.69 Å². The Hall–Kier alpha value is -1.50. The van der Waals surface area contributed by atoms with Crippen molar-refractivity contribution in [2.45, 2.75) is 6.92 Å². The second-order valence-corrected chi connectivity index (χ2v) is 2.61. The topological polar surface area (TPSA) is 3.24 Å². The molecule has 0 N–H and O–H groups in total. The summed E-state index contributed by atoms with van der Waals surface area (Å²) >= 11 is 0. The Morgan fingerprint density at radius 3 is 2.00 bits per heavy atom. The van der Waals surface area contributed by atoms with Crippen LogP contribution in [0.3, 0.4) is 0 Å². The van der Waals surface area contributed by atoms with Crippen molar-refractivity contribution in [2.75, 3.05) is 4.90 Å². The lowest BCUT2D eigenvalue weighted by Crippen LogP contribution is -2.04. The van der Waals surface area contributed by atoms with Crippen molar-refractivity contribution in [1.29, 1.82) is 0 Å². The highest BCUT2D eigenvalue weighted by molar-refractivity contribution is 5.52. The van der Waals surface area contributed by atoms with Gasteiger partial charge in [-0.05, 0) is 19.1 Å². The van der Waals surface area contributed by atoms with Crippen molar-refractivity contribution in [3.8, 4) is 0 Å². The van der Waals surface area contributed by atoms with Crippen molar-refractivity contribution in [3.05, 3.63) is 55.4 Å². The second kappa shape index (κ2) is 3.77. The van der Waals surface area contributed by atoms with Crippen LogP contribution in [0.25, 0.3) is 0 Å². The van der Waals surface area contributed by atoms with Crippen LogP contribution in [0.15, 0.2) is 49.8 Å². The molecular weight excluding hydrogens is 146 g/mol. The van der Waals surface area contributed by atoms with Gasteiger partial charge in [0.1, 0.15) is 0 Å². The average molecular weight is 159 g/mol. The van der Waals surface area contributed by atoms with Crippen molar-refractivity contribution in [1.82, 2.24) is 0 Å². The highest BCUT2D eigenvalue weighted by Crippen LogP contribution is 2.14. The first-order valence-electron chi connectivity index (χ1n) is 3.88. The molecule has 12 heavy (non-hydrogen) atoms. The molecule has 0 heterocycles. The summed E-state index contributed by atoms with van der Waals surface area (Å²) in [5, 5.41) is 0. The summed E-state index contributed by atoms with van der Waals surface area (Å²) in [4.78, 5) is 1.87. The molecular formula is C11H13N. The largest absolute Gasteiger partial charge is 0.325 e. The molecule has 62 valence electrons. The Morgan fingerprint density at radius 1 is 1.08 bits per heavy atom. The fourth-order valence-corrected chi connectivity index (χ4v) is 1.00. The lowest BCUT2D eigenvalue weighted by molar-refractivity contribution is 1.29. The van der Waals surface area contributed by atoms with Gasteiger partial charge in [-0.25, -0.2) is 0 Å². The molecule has 0 aliphatic rings. The predicted molar refractivity (Wildman–Crippen MR) is 54.1 cm³/mol. The number of hydrogen-bond acceptors (Lipinski definition) is 1. The van der Waals surface area contributed by atoms with E-state index in [1.807, 2.05) is 17.0 Å². The van der Waals surface area contributed by atoms with Gasteiger partial charge in [0, 0.05) is 18.1 Å². The van der Waals surface area contributed by atoms with Gasteiger partial charge in [-0.15, -0.1) is 0 Å². The molecule has 1 nitrogen and oxygen atoms in total. The Morgan fingerprint density at radius 2 is 1.58 bits per heavy atom. The van der Waals surface area contributed by atoms with E-state index < -0.39 is 0 Å². The lowest BCUT2D eigenvalue weighted by atomic mass is 10.2. The molecule has 0 saturated heterocycles. The van der Waals surface area contributed by atoms with E-state index in [9.17, 15) is 0 Å². The van der Waals surface area contributed by atoms with Crippen LogP contribution in [0.2, 0.25) is 0 Å². The SMILES string of the molecule is C=CN(C=C)c1ccc(C)cc1. The van der Waals surface area contributed by atoms with E-state index in [1.54, 1.807) is 12.4 Å². The van der Waals surface area contributed by atoms with E-state index in [-0.39, 0.29) is 0 Å². The first kappa shape index (κ1) is 8.60. The Bertz CT molecular complexity index is 264. The van der Waals surface area contributed by atoms with Gasteiger partial charge in [-0.3, -0.25) is 0 Å². The fraction of sp³-hybridized carbons (Fsp3) is 0.0909. The minimum Gasteiger partial charge on any atom is -0.325 e. The first-order valence-corrected chi connectivity index (χ1v) is 3.88. The third-order valence-electron chi connectivity index (χ3n) is 1.73. The van der Waals surface area contributed by atoms with Crippen molar-refractivity contribution in [3.63, 3.8) is 0 Å². The van der Waals surface area contributed by atoms with Gasteiger partial charge >= 0.3 is 0 Å². The zero-order valence-electron chi connectivity index (χ0n) is 7.33. The minimum atomic E-state index is 1.09. The lowest BCUT2D eigenvalue weighted by Gasteiger charge is -2.13. The van der Waals surface area contributed by atoms with Crippen LogP contribution in [-0.4, -0.2) is 0 Å². The summed E-state index contributed by atoms with van der Waals surface area (Å²) in [6.07, 6.45) is 3.47. The molecule has 0 amide bonds. The number of hydrogen-bond donors (Lipinski definition) is 0. The van der Waals surface area contributed by atoms with Gasteiger partial charge in [0.05, 0.1) is 0 Å². The Labute approximate surface area is 73.6 Å². The van der Waals surface area contributed by atoms with Crippen molar-refractivity contribution in [2.24, 2.45) is 0 Å². The van der Waals surface area contributed by atoms with Crippen LogP contribution < -0.4 is 4.90 Å². The molecule has 0 aliphatic heterocycles. The van der Waals surface area contributed by atoms with E-state index in [0.29, 0.717) is 0 Å². The molecule has 0 saturated carbocycles. The zero-order chi connectivity index (χ0) is 8.97. The highest BCUT2D eigenvalue weighted by atomic mass is 15.1. The smallest absolute Gasteiger partial charge is 0.0449 e. The summed E-state index contributed by atoms with van der Waals surface area (Å²) in [5.41, 5.74) is 2.34. The van der Waals surface area contributed by atoms with Gasteiger partial charge in [-0.1, -0.05) is 30.9 Å². The molecule has 1 rings (SSSR count). The van der Waals surface area contributed by atoms with Crippen LogP contribution in [0.4, 0.5) is 5.69 Å². The Kier molecular flexibility index (Phi) is 2.70. The molecule has 0 fully saturated rings. The summed E-state index contributed by atoms with van der Waals surface area (Å²) in [5.74, 6) is 0. The molecule has 0 bridgehead atoms. The number of benzene rings is 1. The molecule has 0 radical (unpaired) electrons. The van der Waals surface area contributed by atoms with Crippen LogP contribution in [-0.2, 0) is 0 Å². The Balaban J connectivity index is 2.94. The van der Waals surface area contributed by atoms with Crippen LogP contribution in [0, 0.1) is 6.92 Å². The number of rotatable bonds is 3. The normalized spacial score (nSPS) is 9.08. The molecule has 0 aliphatic carbocycles. The maximum atomic E-state index is 3.69. The third-order valence-corrected chi connectivity index (χ3v) is 1.73. The van der Waals surface area contributed by atoms with Crippen LogP contribution in [0.1, 0.15) is 5.56 Å². The number of nitrogens with zero attached hydrogens (tertiary/aromatic N) is 1. The number of aryl methyl sites for hydroxylation is 1. The molecule has 0 atom stereocenters. The second-order valence-electron chi connectivity index (χ2n) is 2.61. The van der Waals surface area contributed by atoms with Crippen LogP contribution >= 0.6 is 0 Å². The first-order chi connectivity index (χ1) is 5.77. The average Bonchev–Trinajstić information content (AvgIpc) is 2.10. The summed E-state index contributed by atoms with van der Waals surface area (Å²) in [7, 11) is 0. The van der Waals surface area contributed by atoms with E-state index in [0.717, 1.165) is 5.69 Å². The molecule has 0 unspecified atom stereocenters. The molecule has 1 heteroatoms. The highest BCUT2D eigenvalue weighted by Gasteiger charge is 1.95. The quantitative estimate of drug-likeness (QED) is 0.655. The standard InChI is InChI=1S/C11H13N/c1-4-12(5-2)11-8-6-10(3)7-9-11/h4-9H,1-2H2,3H3. The fourth-order valence-electron chi connectivity index (χ4n) is 1.00. The van der Waals surface area contributed by atoms with Crippen molar-refractivity contribution < 1.29 is 0 Å². The van der Waals surface area contributed by atoms with E-state index in [2.05, 4.69) is 32.2 Å². The minimum absolute atomic E-state index is 1.09. The third kappa shape index (κ3) is 1.76. The maximum Gasteiger partial charge on any atom is 0.0449 e. The monoisotopic (exact) mass is 159 g/mol. The molecule has 0 spiro atoms. The predicted octanol–water partition coefficient (Wildman–Crippen LogP) is 3.09. The van der Waals surface area contributed by atoms with Gasteiger partial charge < -0.3 is 4.90 Å². The summed E-state index contributed by atoms with van der Waals surface area (Å²) in [6.45, 7) is 9.44. The zero-order valence-corrected chi connectivity index (χ0v) is 7.33. The van der Waals surface area contributed by atoms with Gasteiger partial charge in [0.2, 0.25) is 0 Å². The molecule has 0 aromatic heterocycles. The van der Waals surface area contributed by atoms with E-state index in [4.69, 9.17) is 0 Å². The summed E-state index contributed by atoms with van der Waals surface area (Å²) < 4.78 is 0. The van der Waals surface area contributed by atoms with Crippen LogP contribution in [0.5, 0.6) is 0 Å². The van der Waals surface area contributed by atoms with E-state index >= 15 is 0 Å². The number of anilines is 1. The molecule has 1 aromatic carbocycles. The summed E-state index contributed by atoms with van der Waals surface area (Å²) in [6, 6.07) is 8.21. The van der Waals surface area contributed by atoms with Gasteiger partial charge in [0.25, 0.3) is 0 Å². The van der Waals surface area contributed by atoms with Gasteiger partial charge in [0.15, 0.2) is 0 Å². The maximum absolute atomic E-state index is 3.69. The molecule has 1 aromatic rings.